The van der Waals surface area contributed by atoms with E-state index in [-0.39, 0.29) is 24.7 Å². The van der Waals surface area contributed by atoms with Crippen LogP contribution in [-0.4, -0.2) is 61.5 Å². The average molecular weight is 663 g/mol. The molecular weight excluding hydrogens is 622 g/mol. The van der Waals surface area contributed by atoms with Crippen molar-refractivity contribution in [3.05, 3.63) is 102 Å². The van der Waals surface area contributed by atoms with Crippen LogP contribution in [0.15, 0.2) is 84.9 Å². The van der Waals surface area contributed by atoms with Crippen LogP contribution >= 0.6 is 0 Å². The minimum Gasteiger partial charge on any atom is -0.445 e. The molecule has 3 aromatic carbocycles. The fraction of sp³-hybridized carbons (Fsp3) is 0.343. The zero-order valence-corrected chi connectivity index (χ0v) is 27.5. The number of hydrogen-bond acceptors (Lipinski definition) is 8. The Balaban J connectivity index is 1.74. The Hall–Kier alpha value is -4.55. The standard InChI is InChI=1S/C35H40N3O8S/c1-4-5-8-21-29(39)30(27-20-14-13-19-26(27)25-17-11-7-12-18-25)35(34(2,46-35)32(36)41)38-31(40)28(23-47(3,43)44)37-33(42)45-22-24-15-9-6-10-16-24/h6-7,9-20,28H,4-5,8,21-23H2,1-3H3,(H2,36,41)(H,37,42)(H,38,40)/t28-,34+,35-/m0/s1. The summed E-state index contributed by atoms with van der Waals surface area (Å²) in [7, 11) is -3.85. The Morgan fingerprint density at radius 1 is 0.915 bits per heavy atom. The molecule has 1 aliphatic heterocycles. The van der Waals surface area contributed by atoms with Gasteiger partial charge in [0.1, 0.15) is 34.2 Å². The molecule has 1 radical (unpaired) electrons. The number of unbranched alkanes of at least 4 members (excludes halogenated alkanes) is 2. The number of nitrogens with one attached hydrogen (secondary N) is 2. The van der Waals surface area contributed by atoms with Crippen LogP contribution in [0.25, 0.3) is 11.1 Å². The second-order valence-corrected chi connectivity index (χ2v) is 13.9. The van der Waals surface area contributed by atoms with Crippen molar-refractivity contribution in [1.29, 1.82) is 0 Å². The van der Waals surface area contributed by atoms with Crippen molar-refractivity contribution in [2.45, 2.75) is 63.5 Å². The highest BCUT2D eigenvalue weighted by atomic mass is 32.2. The van der Waals surface area contributed by atoms with Crippen LogP contribution in [0, 0.1) is 5.92 Å². The number of ketones is 1. The zero-order chi connectivity index (χ0) is 34.2. The highest BCUT2D eigenvalue weighted by molar-refractivity contribution is 7.90. The van der Waals surface area contributed by atoms with Gasteiger partial charge in [0, 0.05) is 12.7 Å². The van der Waals surface area contributed by atoms with Crippen LogP contribution in [0.3, 0.4) is 0 Å². The quantitative estimate of drug-likeness (QED) is 0.153. The van der Waals surface area contributed by atoms with E-state index in [4.69, 9.17) is 15.2 Å². The second-order valence-electron chi connectivity index (χ2n) is 11.7. The topological polar surface area (TPSA) is 174 Å². The van der Waals surface area contributed by atoms with Crippen molar-refractivity contribution in [3.63, 3.8) is 0 Å². The van der Waals surface area contributed by atoms with E-state index in [1.54, 1.807) is 54.6 Å². The molecule has 12 heteroatoms. The maximum Gasteiger partial charge on any atom is 0.408 e. The van der Waals surface area contributed by atoms with E-state index in [9.17, 15) is 27.6 Å². The number of sulfone groups is 1. The molecule has 249 valence electrons. The molecule has 11 nitrogen and oxygen atoms in total. The Morgan fingerprint density at radius 3 is 2.13 bits per heavy atom. The molecule has 0 aliphatic carbocycles. The maximum absolute atomic E-state index is 14.2. The van der Waals surface area contributed by atoms with Crippen LogP contribution in [0.4, 0.5) is 4.79 Å². The van der Waals surface area contributed by atoms with Crippen molar-refractivity contribution in [2.24, 2.45) is 5.73 Å². The van der Waals surface area contributed by atoms with Crippen LogP contribution in [0.1, 0.15) is 50.7 Å². The summed E-state index contributed by atoms with van der Waals surface area (Å²) in [5.41, 5.74) is 4.32. The summed E-state index contributed by atoms with van der Waals surface area (Å²) in [4.78, 5) is 53.8. The van der Waals surface area contributed by atoms with Crippen LogP contribution < -0.4 is 16.4 Å². The van der Waals surface area contributed by atoms with Crippen molar-refractivity contribution < 1.29 is 37.1 Å². The zero-order valence-electron chi connectivity index (χ0n) is 26.7. The second kappa shape index (κ2) is 14.9. The lowest BCUT2D eigenvalue weighted by molar-refractivity contribution is -0.125. The highest BCUT2D eigenvalue weighted by Crippen LogP contribution is 2.55. The Labute approximate surface area is 275 Å². The fourth-order valence-electron chi connectivity index (χ4n) is 5.42. The van der Waals surface area contributed by atoms with Crippen LogP contribution in [0.5, 0.6) is 0 Å². The van der Waals surface area contributed by atoms with Gasteiger partial charge in [0.05, 0.1) is 5.75 Å². The summed E-state index contributed by atoms with van der Waals surface area (Å²) in [6.45, 7) is 3.22. The Morgan fingerprint density at radius 2 is 1.53 bits per heavy atom. The summed E-state index contributed by atoms with van der Waals surface area (Å²) < 4.78 is 36.0. The van der Waals surface area contributed by atoms with Gasteiger partial charge in [0.15, 0.2) is 11.3 Å². The molecule has 1 fully saturated rings. The van der Waals surface area contributed by atoms with E-state index in [1.165, 1.54) is 6.92 Å². The first-order valence-electron chi connectivity index (χ1n) is 15.3. The molecule has 0 aromatic heterocycles. The van der Waals surface area contributed by atoms with Gasteiger partial charge in [-0.2, -0.15) is 0 Å². The van der Waals surface area contributed by atoms with Gasteiger partial charge in [-0.1, -0.05) is 105 Å². The lowest BCUT2D eigenvalue weighted by Gasteiger charge is -2.29. The number of benzene rings is 3. The first kappa shape index (κ1) is 35.3. The van der Waals surface area contributed by atoms with Crippen molar-refractivity contribution >= 4 is 33.5 Å². The van der Waals surface area contributed by atoms with Crippen molar-refractivity contribution in [3.8, 4) is 11.1 Å². The van der Waals surface area contributed by atoms with Crippen LogP contribution in [-0.2, 0) is 40.3 Å². The molecule has 3 amide bonds. The SMILES string of the molecule is CCCCCC(=O)[C](c1ccccc1-c1ccccc1)[C@]1(NC(=O)[C@H](CS(C)(=O)=O)NC(=O)OCc2ccccc2)O[C@]1(C)C(N)=O. The minimum atomic E-state index is -3.85. The lowest BCUT2D eigenvalue weighted by Crippen LogP contribution is -2.59. The Bertz CT molecular complexity index is 1700. The smallest absolute Gasteiger partial charge is 0.408 e. The minimum absolute atomic E-state index is 0.00698. The van der Waals surface area contributed by atoms with Gasteiger partial charge in [-0.3, -0.25) is 14.4 Å². The Kier molecular flexibility index (Phi) is 11.2. The predicted molar refractivity (Wildman–Crippen MR) is 176 cm³/mol. The van der Waals surface area contributed by atoms with Gasteiger partial charge in [0.25, 0.3) is 5.91 Å². The van der Waals surface area contributed by atoms with E-state index in [0.29, 0.717) is 23.1 Å². The molecule has 1 aliphatic rings. The van der Waals surface area contributed by atoms with Gasteiger partial charge in [-0.15, -0.1) is 0 Å². The maximum atomic E-state index is 14.2. The first-order chi connectivity index (χ1) is 22.3. The number of carbonyl (C=O) groups excluding carboxylic acids is 4. The molecular formula is C35H40N3O8S. The summed E-state index contributed by atoms with van der Waals surface area (Å²) >= 11 is 0. The monoisotopic (exact) mass is 662 g/mol. The number of hydrogen-bond donors (Lipinski definition) is 3. The summed E-state index contributed by atoms with van der Waals surface area (Å²) in [6.07, 6.45) is 2.09. The number of alkyl carbamates (subject to hydrolysis) is 1. The predicted octanol–water partition coefficient (Wildman–Crippen LogP) is 3.85. The first-order valence-corrected chi connectivity index (χ1v) is 17.4. The summed E-state index contributed by atoms with van der Waals surface area (Å²) in [6, 6.07) is 23.4. The molecule has 0 spiro atoms. The van der Waals surface area contributed by atoms with Gasteiger partial charge in [-0.05, 0) is 35.6 Å². The molecule has 4 N–H and O–H groups in total. The van der Waals surface area contributed by atoms with E-state index in [2.05, 4.69) is 10.6 Å². The third-order valence-electron chi connectivity index (χ3n) is 7.97. The van der Waals surface area contributed by atoms with E-state index in [1.807, 2.05) is 37.3 Å². The van der Waals surface area contributed by atoms with E-state index in [0.717, 1.165) is 24.7 Å². The largest absolute Gasteiger partial charge is 0.445 e. The van der Waals surface area contributed by atoms with Crippen molar-refractivity contribution in [2.75, 3.05) is 12.0 Å². The molecule has 3 atom stereocenters. The number of Topliss-reactive ketones (excluding diaryl/α,β-unsaturated/α-hetero) is 1. The van der Waals surface area contributed by atoms with E-state index >= 15 is 0 Å². The molecule has 1 saturated heterocycles. The number of epoxide rings is 1. The molecule has 0 bridgehead atoms. The van der Waals surface area contributed by atoms with Gasteiger partial charge in [-0.25, -0.2) is 13.2 Å². The number of amides is 3. The third-order valence-corrected chi connectivity index (χ3v) is 8.91. The third kappa shape index (κ3) is 8.44. The van der Waals surface area contributed by atoms with Gasteiger partial charge >= 0.3 is 6.09 Å². The van der Waals surface area contributed by atoms with Crippen LogP contribution in [0.2, 0.25) is 0 Å². The normalized spacial score (nSPS) is 19.4. The molecule has 47 heavy (non-hydrogen) atoms. The number of ether oxygens (including phenoxy) is 2. The lowest BCUT2D eigenvalue weighted by atomic mass is 9.77. The number of carbonyl (C=O) groups is 4. The highest BCUT2D eigenvalue weighted by Gasteiger charge is 2.77. The number of nitrogens with two attached hydrogens (primary N) is 1. The number of primary amides is 1. The number of rotatable bonds is 16. The molecule has 0 unspecified atom stereocenters. The molecule has 4 rings (SSSR count). The van der Waals surface area contributed by atoms with Gasteiger partial charge in [0.2, 0.25) is 5.91 Å². The summed E-state index contributed by atoms with van der Waals surface area (Å²) in [5, 5.41) is 4.95. The van der Waals surface area contributed by atoms with E-state index < -0.39 is 50.9 Å². The summed E-state index contributed by atoms with van der Waals surface area (Å²) in [5.74, 6) is -3.17. The van der Waals surface area contributed by atoms with Crippen molar-refractivity contribution in [1.82, 2.24) is 10.6 Å². The molecule has 3 aromatic rings. The average Bonchev–Trinajstić information content (AvgIpc) is 3.65. The van der Waals surface area contributed by atoms with Gasteiger partial charge < -0.3 is 25.8 Å². The fourth-order valence-corrected chi connectivity index (χ4v) is 6.26. The molecule has 1 heterocycles. The molecule has 0 saturated carbocycles.